The largest absolute Gasteiger partial charge is 0.378 e. The molecule has 0 bridgehead atoms. The van der Waals surface area contributed by atoms with E-state index in [1.54, 1.807) is 12.1 Å². The summed E-state index contributed by atoms with van der Waals surface area (Å²) >= 11 is 12.1. The number of morpholine rings is 1. The molecule has 0 aliphatic carbocycles. The van der Waals surface area contributed by atoms with E-state index < -0.39 is 0 Å². The Morgan fingerprint density at radius 3 is 2.24 bits per heavy atom. The molecule has 1 aromatic heterocycles. The molecule has 156 valence electrons. The van der Waals surface area contributed by atoms with E-state index in [4.69, 9.17) is 44.4 Å². The van der Waals surface area contributed by atoms with E-state index in [1.165, 1.54) is 0 Å². The maximum atomic E-state index is 6.16. The standard InChI is InChI=1S/C18H24Cl2N8O/c19-14-2-1-13(8-15(14)20)23-16-24-17(27-3-5-29-6-4-27)26-18(25-16)28-9-11(21)7-12(22)10-28/h1-2,8,11-12H,3-7,9-10,21-22H2,(H,23,24,25,26)/t11-,12+. The van der Waals surface area contributed by atoms with Gasteiger partial charge in [0.15, 0.2) is 0 Å². The number of rotatable bonds is 4. The van der Waals surface area contributed by atoms with Crippen LogP contribution in [0.1, 0.15) is 6.42 Å². The van der Waals surface area contributed by atoms with Crippen molar-refractivity contribution in [1.82, 2.24) is 15.0 Å². The number of halogens is 2. The summed E-state index contributed by atoms with van der Waals surface area (Å²) < 4.78 is 5.45. The van der Waals surface area contributed by atoms with Crippen LogP contribution in [0.25, 0.3) is 0 Å². The van der Waals surface area contributed by atoms with Gasteiger partial charge in [-0.15, -0.1) is 0 Å². The van der Waals surface area contributed by atoms with E-state index in [9.17, 15) is 0 Å². The van der Waals surface area contributed by atoms with Crippen molar-refractivity contribution in [2.45, 2.75) is 18.5 Å². The van der Waals surface area contributed by atoms with Crippen molar-refractivity contribution >= 4 is 46.7 Å². The van der Waals surface area contributed by atoms with E-state index in [1.807, 2.05) is 11.0 Å². The molecule has 2 aromatic rings. The van der Waals surface area contributed by atoms with E-state index in [0.29, 0.717) is 67.3 Å². The van der Waals surface area contributed by atoms with E-state index in [0.717, 1.165) is 12.1 Å². The summed E-state index contributed by atoms with van der Waals surface area (Å²) in [6.07, 6.45) is 0.784. The lowest BCUT2D eigenvalue weighted by molar-refractivity contribution is 0.122. The Morgan fingerprint density at radius 2 is 1.59 bits per heavy atom. The van der Waals surface area contributed by atoms with Gasteiger partial charge in [-0.05, 0) is 24.6 Å². The van der Waals surface area contributed by atoms with Crippen LogP contribution in [0, 0.1) is 0 Å². The summed E-state index contributed by atoms with van der Waals surface area (Å²) in [4.78, 5) is 18.0. The third kappa shape index (κ3) is 4.99. The van der Waals surface area contributed by atoms with Crippen LogP contribution >= 0.6 is 23.2 Å². The normalized spacial score (nSPS) is 22.6. The highest BCUT2D eigenvalue weighted by Gasteiger charge is 2.26. The van der Waals surface area contributed by atoms with Crippen LogP contribution in [-0.4, -0.2) is 66.4 Å². The number of ether oxygens (including phenoxy) is 1. The number of hydrogen-bond donors (Lipinski definition) is 3. The van der Waals surface area contributed by atoms with Gasteiger partial charge >= 0.3 is 0 Å². The fourth-order valence-electron chi connectivity index (χ4n) is 3.50. The SMILES string of the molecule is N[C@@H]1C[C@H](N)CN(c2nc(Nc3ccc(Cl)c(Cl)c3)nc(N3CCOCC3)n2)C1. The average molecular weight is 439 g/mol. The Hall–Kier alpha value is -1.91. The smallest absolute Gasteiger partial charge is 0.233 e. The zero-order valence-electron chi connectivity index (χ0n) is 15.9. The van der Waals surface area contributed by atoms with Crippen molar-refractivity contribution in [2.75, 3.05) is 54.5 Å². The topological polar surface area (TPSA) is 118 Å². The Balaban J connectivity index is 1.66. The number of benzene rings is 1. The third-order valence-electron chi connectivity index (χ3n) is 4.88. The van der Waals surface area contributed by atoms with Crippen LogP contribution in [0.5, 0.6) is 0 Å². The average Bonchev–Trinajstić information content (AvgIpc) is 2.70. The highest BCUT2D eigenvalue weighted by Crippen LogP contribution is 2.27. The fourth-order valence-corrected chi connectivity index (χ4v) is 3.80. The van der Waals surface area contributed by atoms with Gasteiger partial charge in [0.25, 0.3) is 0 Å². The predicted molar refractivity (Wildman–Crippen MR) is 115 cm³/mol. The van der Waals surface area contributed by atoms with E-state index >= 15 is 0 Å². The quantitative estimate of drug-likeness (QED) is 0.653. The first kappa shape index (κ1) is 20.4. The first-order valence-electron chi connectivity index (χ1n) is 9.55. The first-order chi connectivity index (χ1) is 14.0. The molecule has 0 saturated carbocycles. The molecule has 2 atom stereocenters. The lowest BCUT2D eigenvalue weighted by Gasteiger charge is -2.35. The number of nitrogens with zero attached hydrogens (tertiary/aromatic N) is 5. The minimum absolute atomic E-state index is 0.0196. The number of nitrogens with one attached hydrogen (secondary N) is 1. The van der Waals surface area contributed by atoms with Crippen molar-refractivity contribution in [1.29, 1.82) is 0 Å². The molecule has 2 aliphatic heterocycles. The molecule has 3 heterocycles. The third-order valence-corrected chi connectivity index (χ3v) is 5.62. The van der Waals surface area contributed by atoms with Gasteiger partial charge in [0.05, 0.1) is 23.3 Å². The van der Waals surface area contributed by atoms with Crippen LogP contribution in [-0.2, 0) is 4.74 Å². The summed E-state index contributed by atoms with van der Waals surface area (Å²) in [5.41, 5.74) is 13.1. The molecule has 4 rings (SSSR count). The lowest BCUT2D eigenvalue weighted by atomic mass is 10.0. The second-order valence-corrected chi connectivity index (χ2v) is 8.09. The maximum Gasteiger partial charge on any atom is 0.233 e. The fraction of sp³-hybridized carbons (Fsp3) is 0.500. The minimum Gasteiger partial charge on any atom is -0.378 e. The monoisotopic (exact) mass is 438 g/mol. The van der Waals surface area contributed by atoms with Gasteiger partial charge in [0.1, 0.15) is 0 Å². The molecule has 0 spiro atoms. The Morgan fingerprint density at radius 1 is 0.931 bits per heavy atom. The molecule has 0 amide bonds. The van der Waals surface area contributed by atoms with Crippen LogP contribution in [0.2, 0.25) is 10.0 Å². The Bertz CT molecular complexity index is 854. The lowest BCUT2D eigenvalue weighted by Crippen LogP contribution is -2.53. The highest BCUT2D eigenvalue weighted by atomic mass is 35.5. The molecule has 2 fully saturated rings. The Labute approximate surface area is 179 Å². The van der Waals surface area contributed by atoms with Crippen LogP contribution in [0.15, 0.2) is 18.2 Å². The van der Waals surface area contributed by atoms with Crippen LogP contribution in [0.3, 0.4) is 0 Å². The van der Waals surface area contributed by atoms with Crippen molar-refractivity contribution in [3.63, 3.8) is 0 Å². The molecule has 0 radical (unpaired) electrons. The summed E-state index contributed by atoms with van der Waals surface area (Å²) in [7, 11) is 0. The van der Waals surface area contributed by atoms with Gasteiger partial charge < -0.3 is 31.3 Å². The number of anilines is 4. The zero-order chi connectivity index (χ0) is 20.4. The van der Waals surface area contributed by atoms with Crippen molar-refractivity contribution in [3.8, 4) is 0 Å². The molecule has 5 N–H and O–H groups in total. The van der Waals surface area contributed by atoms with E-state index in [2.05, 4.69) is 20.2 Å². The number of nitrogens with two attached hydrogens (primary N) is 2. The van der Waals surface area contributed by atoms with Gasteiger partial charge in [-0.2, -0.15) is 15.0 Å². The van der Waals surface area contributed by atoms with Crippen LogP contribution < -0.4 is 26.6 Å². The second-order valence-electron chi connectivity index (χ2n) is 7.27. The molecule has 9 nitrogen and oxygen atoms in total. The summed E-state index contributed by atoms with van der Waals surface area (Å²) in [6.45, 7) is 3.99. The number of hydrogen-bond acceptors (Lipinski definition) is 9. The summed E-state index contributed by atoms with van der Waals surface area (Å²) in [5.74, 6) is 1.56. The molecule has 29 heavy (non-hydrogen) atoms. The second kappa shape index (κ2) is 8.85. The summed E-state index contributed by atoms with van der Waals surface area (Å²) in [5, 5.41) is 4.14. The number of piperidine rings is 1. The Kier molecular flexibility index (Phi) is 6.21. The first-order valence-corrected chi connectivity index (χ1v) is 10.3. The van der Waals surface area contributed by atoms with E-state index in [-0.39, 0.29) is 12.1 Å². The molecular weight excluding hydrogens is 415 g/mol. The van der Waals surface area contributed by atoms with Crippen molar-refractivity contribution in [2.24, 2.45) is 11.5 Å². The van der Waals surface area contributed by atoms with Crippen molar-refractivity contribution < 1.29 is 4.74 Å². The van der Waals surface area contributed by atoms with Crippen molar-refractivity contribution in [3.05, 3.63) is 28.2 Å². The molecule has 1 aromatic carbocycles. The molecule has 2 saturated heterocycles. The van der Waals surface area contributed by atoms with Gasteiger partial charge in [0, 0.05) is 44.0 Å². The molecule has 2 aliphatic rings. The van der Waals surface area contributed by atoms with Gasteiger partial charge in [-0.3, -0.25) is 0 Å². The zero-order valence-corrected chi connectivity index (χ0v) is 17.4. The van der Waals surface area contributed by atoms with Gasteiger partial charge in [0.2, 0.25) is 17.8 Å². The van der Waals surface area contributed by atoms with Gasteiger partial charge in [-0.25, -0.2) is 0 Å². The van der Waals surface area contributed by atoms with Gasteiger partial charge in [-0.1, -0.05) is 23.2 Å². The number of aromatic nitrogens is 3. The highest BCUT2D eigenvalue weighted by molar-refractivity contribution is 6.42. The minimum atomic E-state index is -0.0196. The maximum absolute atomic E-state index is 6.16. The summed E-state index contributed by atoms with van der Waals surface area (Å²) in [6, 6.07) is 5.23. The molecule has 0 unspecified atom stereocenters. The molecule has 11 heteroatoms. The van der Waals surface area contributed by atoms with Crippen LogP contribution in [0.4, 0.5) is 23.5 Å². The predicted octanol–water partition coefficient (Wildman–Crippen LogP) is 1.62. The molecular formula is C18H24Cl2N8O.